The van der Waals surface area contributed by atoms with E-state index in [0.29, 0.717) is 35.2 Å². The fourth-order valence-electron chi connectivity index (χ4n) is 2.46. The standard InChI is InChI=1S/C19H19N3O5/c1-24-13-4-5-16(25-2)14(9-13)17-10-15(22-27-17)19(23)21-11-12-6-7-20-18(8-12)26-3/h4-10H,11H2,1-3H3,(H,21,23). The number of nitrogens with zero attached hydrogens (tertiary/aromatic N) is 2. The predicted molar refractivity (Wildman–Crippen MR) is 97.0 cm³/mol. The van der Waals surface area contributed by atoms with Crippen molar-refractivity contribution in [2.24, 2.45) is 0 Å². The Morgan fingerprint density at radius 2 is 1.93 bits per heavy atom. The Bertz CT molecular complexity index is 939. The van der Waals surface area contributed by atoms with Gasteiger partial charge in [-0.1, -0.05) is 5.16 Å². The second-order valence-corrected chi connectivity index (χ2v) is 5.53. The Morgan fingerprint density at radius 1 is 1.07 bits per heavy atom. The van der Waals surface area contributed by atoms with Crippen molar-refractivity contribution in [1.82, 2.24) is 15.5 Å². The predicted octanol–water partition coefficient (Wildman–Crippen LogP) is 2.69. The molecule has 8 nitrogen and oxygen atoms in total. The lowest BCUT2D eigenvalue weighted by molar-refractivity contribution is 0.0942. The lowest BCUT2D eigenvalue weighted by Crippen LogP contribution is -2.23. The highest BCUT2D eigenvalue weighted by atomic mass is 16.5. The van der Waals surface area contributed by atoms with Crippen LogP contribution in [0, 0.1) is 0 Å². The molecule has 0 spiro atoms. The van der Waals surface area contributed by atoms with E-state index in [2.05, 4.69) is 15.5 Å². The molecule has 3 rings (SSSR count). The van der Waals surface area contributed by atoms with Crippen LogP contribution in [0.15, 0.2) is 47.1 Å². The molecule has 0 unspecified atom stereocenters. The molecule has 3 aromatic rings. The van der Waals surface area contributed by atoms with Gasteiger partial charge in [-0.2, -0.15) is 0 Å². The van der Waals surface area contributed by atoms with Gasteiger partial charge in [-0.3, -0.25) is 4.79 Å². The minimum atomic E-state index is -0.359. The van der Waals surface area contributed by atoms with Gasteiger partial charge in [0.2, 0.25) is 5.88 Å². The van der Waals surface area contributed by atoms with Gasteiger partial charge in [0, 0.05) is 24.9 Å². The highest BCUT2D eigenvalue weighted by molar-refractivity contribution is 5.93. The van der Waals surface area contributed by atoms with E-state index in [1.807, 2.05) is 0 Å². The van der Waals surface area contributed by atoms with Crippen LogP contribution in [0.25, 0.3) is 11.3 Å². The Hall–Kier alpha value is -3.55. The number of nitrogens with one attached hydrogen (secondary N) is 1. The van der Waals surface area contributed by atoms with Crippen molar-refractivity contribution >= 4 is 5.91 Å². The zero-order chi connectivity index (χ0) is 19.2. The molecule has 1 N–H and O–H groups in total. The number of amides is 1. The third kappa shape index (κ3) is 4.17. The second kappa shape index (κ2) is 8.22. The average molecular weight is 369 g/mol. The molecule has 1 aromatic carbocycles. The Labute approximate surface area is 156 Å². The number of ether oxygens (including phenoxy) is 3. The maximum absolute atomic E-state index is 12.4. The summed E-state index contributed by atoms with van der Waals surface area (Å²) < 4.78 is 21.0. The summed E-state index contributed by atoms with van der Waals surface area (Å²) in [6.07, 6.45) is 1.61. The first kappa shape index (κ1) is 18.2. The number of pyridine rings is 1. The highest BCUT2D eigenvalue weighted by Gasteiger charge is 2.17. The normalized spacial score (nSPS) is 10.3. The maximum atomic E-state index is 12.4. The number of hydrogen-bond donors (Lipinski definition) is 1. The molecule has 0 aliphatic carbocycles. The van der Waals surface area contributed by atoms with Crippen LogP contribution in [0.2, 0.25) is 0 Å². The second-order valence-electron chi connectivity index (χ2n) is 5.53. The number of methoxy groups -OCH3 is 3. The SMILES string of the molecule is COc1ccc(OC)c(-c2cc(C(=O)NCc3ccnc(OC)c3)no2)c1. The zero-order valence-corrected chi connectivity index (χ0v) is 15.2. The molecule has 2 heterocycles. The first-order chi connectivity index (χ1) is 13.1. The summed E-state index contributed by atoms with van der Waals surface area (Å²) in [6.45, 7) is 0.308. The number of hydrogen-bond acceptors (Lipinski definition) is 7. The van der Waals surface area contributed by atoms with Gasteiger partial charge < -0.3 is 24.1 Å². The van der Waals surface area contributed by atoms with Gasteiger partial charge in [0.05, 0.1) is 26.9 Å². The molecule has 27 heavy (non-hydrogen) atoms. The Morgan fingerprint density at radius 3 is 2.67 bits per heavy atom. The van der Waals surface area contributed by atoms with E-state index >= 15 is 0 Å². The third-order valence-corrected chi connectivity index (χ3v) is 3.88. The Kier molecular flexibility index (Phi) is 5.55. The molecule has 0 aliphatic heterocycles. The summed E-state index contributed by atoms with van der Waals surface area (Å²) in [5.41, 5.74) is 1.66. The van der Waals surface area contributed by atoms with Crippen LogP contribution in [0.4, 0.5) is 0 Å². The van der Waals surface area contributed by atoms with E-state index < -0.39 is 0 Å². The molecule has 0 bridgehead atoms. The first-order valence-electron chi connectivity index (χ1n) is 8.11. The molecule has 140 valence electrons. The quantitative estimate of drug-likeness (QED) is 0.684. The van der Waals surface area contributed by atoms with Gasteiger partial charge in [-0.25, -0.2) is 4.98 Å². The fourth-order valence-corrected chi connectivity index (χ4v) is 2.46. The van der Waals surface area contributed by atoms with Gasteiger partial charge in [-0.15, -0.1) is 0 Å². The molecule has 0 atom stereocenters. The van der Waals surface area contributed by atoms with E-state index in [1.165, 1.54) is 7.11 Å². The van der Waals surface area contributed by atoms with Gasteiger partial charge in [0.25, 0.3) is 5.91 Å². The molecule has 1 amide bonds. The number of aromatic nitrogens is 2. The van der Waals surface area contributed by atoms with Crippen LogP contribution >= 0.6 is 0 Å². The molecule has 0 radical (unpaired) electrons. The molecule has 0 fully saturated rings. The first-order valence-corrected chi connectivity index (χ1v) is 8.11. The van der Waals surface area contributed by atoms with Crippen LogP contribution in [-0.4, -0.2) is 37.4 Å². The molecule has 0 saturated carbocycles. The van der Waals surface area contributed by atoms with Crippen molar-refractivity contribution < 1.29 is 23.5 Å². The van der Waals surface area contributed by atoms with Crippen molar-refractivity contribution in [2.45, 2.75) is 6.54 Å². The topological polar surface area (TPSA) is 95.7 Å². The van der Waals surface area contributed by atoms with Gasteiger partial charge in [-0.05, 0) is 29.8 Å². The number of rotatable bonds is 7. The summed E-state index contributed by atoms with van der Waals surface area (Å²) in [5.74, 6) is 1.75. The fraction of sp³-hybridized carbons (Fsp3) is 0.211. The van der Waals surface area contributed by atoms with Crippen LogP contribution in [0.5, 0.6) is 17.4 Å². The number of benzene rings is 1. The molecule has 8 heteroatoms. The van der Waals surface area contributed by atoms with Crippen molar-refractivity contribution in [3.05, 3.63) is 53.9 Å². The Balaban J connectivity index is 1.74. The van der Waals surface area contributed by atoms with Crippen LogP contribution < -0.4 is 19.5 Å². The average Bonchev–Trinajstić information content (AvgIpc) is 3.21. The summed E-state index contributed by atoms with van der Waals surface area (Å²) in [4.78, 5) is 16.4. The summed E-state index contributed by atoms with van der Waals surface area (Å²) in [7, 11) is 4.66. The largest absolute Gasteiger partial charge is 0.497 e. The lowest BCUT2D eigenvalue weighted by Gasteiger charge is -2.07. The van der Waals surface area contributed by atoms with E-state index in [9.17, 15) is 4.79 Å². The molecular weight excluding hydrogens is 350 g/mol. The minimum Gasteiger partial charge on any atom is -0.497 e. The summed E-state index contributed by atoms with van der Waals surface area (Å²) >= 11 is 0. The summed E-state index contributed by atoms with van der Waals surface area (Å²) in [6, 6.07) is 10.4. The third-order valence-electron chi connectivity index (χ3n) is 3.88. The molecule has 0 saturated heterocycles. The van der Waals surface area contributed by atoms with Crippen molar-refractivity contribution in [1.29, 1.82) is 0 Å². The van der Waals surface area contributed by atoms with E-state index in [-0.39, 0.29) is 11.6 Å². The van der Waals surface area contributed by atoms with E-state index in [1.54, 1.807) is 56.8 Å². The maximum Gasteiger partial charge on any atom is 0.273 e. The molecule has 0 aliphatic rings. The highest BCUT2D eigenvalue weighted by Crippen LogP contribution is 2.33. The van der Waals surface area contributed by atoms with E-state index in [0.717, 1.165) is 5.56 Å². The van der Waals surface area contributed by atoms with Crippen molar-refractivity contribution in [3.8, 4) is 28.7 Å². The number of carbonyl (C=O) groups is 1. The van der Waals surface area contributed by atoms with Crippen LogP contribution in [0.3, 0.4) is 0 Å². The van der Waals surface area contributed by atoms with Crippen molar-refractivity contribution in [2.75, 3.05) is 21.3 Å². The number of carbonyl (C=O) groups excluding carboxylic acids is 1. The smallest absolute Gasteiger partial charge is 0.273 e. The summed E-state index contributed by atoms with van der Waals surface area (Å²) in [5, 5.41) is 6.63. The lowest BCUT2D eigenvalue weighted by atomic mass is 10.1. The zero-order valence-electron chi connectivity index (χ0n) is 15.2. The van der Waals surface area contributed by atoms with Crippen LogP contribution in [-0.2, 0) is 6.54 Å². The van der Waals surface area contributed by atoms with Gasteiger partial charge in [0.1, 0.15) is 11.5 Å². The van der Waals surface area contributed by atoms with Crippen LogP contribution in [0.1, 0.15) is 16.1 Å². The molecular formula is C19H19N3O5. The monoisotopic (exact) mass is 369 g/mol. The van der Waals surface area contributed by atoms with Crippen molar-refractivity contribution in [3.63, 3.8) is 0 Å². The van der Waals surface area contributed by atoms with E-state index in [4.69, 9.17) is 18.7 Å². The molecule has 2 aromatic heterocycles. The van der Waals surface area contributed by atoms with Gasteiger partial charge in [0.15, 0.2) is 11.5 Å². The van der Waals surface area contributed by atoms with Gasteiger partial charge >= 0.3 is 0 Å². The minimum absolute atomic E-state index is 0.163.